The van der Waals surface area contributed by atoms with Gasteiger partial charge >= 0.3 is 0 Å². The minimum atomic E-state index is -0.405. The fourth-order valence-corrected chi connectivity index (χ4v) is 3.44. The highest BCUT2D eigenvalue weighted by Gasteiger charge is 2.14. The predicted octanol–water partition coefficient (Wildman–Crippen LogP) is 2.61. The molecule has 0 saturated heterocycles. The lowest BCUT2D eigenvalue weighted by Gasteiger charge is -2.08. The first kappa shape index (κ1) is 22.1. The van der Waals surface area contributed by atoms with Gasteiger partial charge in [0.1, 0.15) is 0 Å². The minimum Gasteiger partial charge on any atom is -0.358 e. The Bertz CT molecular complexity index is 1070. The summed E-state index contributed by atoms with van der Waals surface area (Å²) in [6.45, 7) is 4.45. The fourth-order valence-electron chi connectivity index (χ4n) is 3.44. The van der Waals surface area contributed by atoms with E-state index in [9.17, 15) is 14.4 Å². The van der Waals surface area contributed by atoms with E-state index >= 15 is 0 Å². The summed E-state index contributed by atoms with van der Waals surface area (Å²) in [6.07, 6.45) is 0.956. The number of aryl methyl sites for hydroxylation is 2. The smallest absolute Gasteiger partial charge is 0.242 e. The number of benzene rings is 2. The van der Waals surface area contributed by atoms with Crippen molar-refractivity contribution in [3.8, 4) is 0 Å². The molecule has 0 spiro atoms. The molecule has 4 N–H and O–H groups in total. The van der Waals surface area contributed by atoms with Crippen molar-refractivity contribution in [2.75, 3.05) is 6.54 Å². The van der Waals surface area contributed by atoms with Crippen LogP contribution in [0.3, 0.4) is 0 Å². The summed E-state index contributed by atoms with van der Waals surface area (Å²) in [5.41, 5.74) is 9.88. The molecule has 0 fully saturated rings. The number of carbonyl (C=O) groups excluding carboxylic acids is 3. The highest BCUT2D eigenvalue weighted by atomic mass is 16.2. The number of hydrogen-bond donors (Lipinski definition) is 4. The summed E-state index contributed by atoms with van der Waals surface area (Å²) in [4.78, 5) is 39.4. The van der Waals surface area contributed by atoms with E-state index in [0.717, 1.165) is 39.7 Å². The van der Waals surface area contributed by atoms with Crippen molar-refractivity contribution < 1.29 is 14.4 Å². The largest absolute Gasteiger partial charge is 0.358 e. The summed E-state index contributed by atoms with van der Waals surface area (Å²) < 4.78 is 0. The Morgan fingerprint density at radius 1 is 0.871 bits per heavy atom. The molecule has 1 aromatic heterocycles. The number of hydrazine groups is 1. The number of H-pyrrole nitrogens is 1. The molecule has 3 aromatic rings. The van der Waals surface area contributed by atoms with Crippen molar-refractivity contribution in [3.63, 3.8) is 0 Å². The normalized spacial score (nSPS) is 10.6. The Balaban J connectivity index is 1.37. The standard InChI is InChI=1S/C24H28N4O3/c1-16-8-9-21-20(14-16)19(17(2)26-21)15-24(31)28-27-23(30)11-10-22(29)25-13-12-18-6-4-3-5-7-18/h3-9,14,26H,10-13,15H2,1-2H3,(H,25,29)(H,27,30)(H,28,31). The van der Waals surface area contributed by atoms with Crippen LogP contribution in [0, 0.1) is 13.8 Å². The number of fused-ring (bicyclic) bond motifs is 1. The van der Waals surface area contributed by atoms with E-state index in [1.165, 1.54) is 0 Å². The summed E-state index contributed by atoms with van der Waals surface area (Å²) in [5.74, 6) is -0.911. The Kier molecular flexibility index (Phi) is 7.43. The van der Waals surface area contributed by atoms with E-state index < -0.39 is 5.91 Å². The Morgan fingerprint density at radius 2 is 1.58 bits per heavy atom. The second kappa shape index (κ2) is 10.4. The molecular weight excluding hydrogens is 392 g/mol. The lowest BCUT2D eigenvalue weighted by Crippen LogP contribution is -2.42. The molecule has 0 aliphatic heterocycles. The molecule has 0 unspecified atom stereocenters. The van der Waals surface area contributed by atoms with Gasteiger partial charge in [-0.05, 0) is 43.5 Å². The first-order chi connectivity index (χ1) is 14.9. The van der Waals surface area contributed by atoms with E-state index in [1.807, 2.05) is 62.4 Å². The molecular formula is C24H28N4O3. The average Bonchev–Trinajstić information content (AvgIpc) is 3.06. The van der Waals surface area contributed by atoms with Crippen molar-refractivity contribution in [1.82, 2.24) is 21.2 Å². The van der Waals surface area contributed by atoms with E-state index in [0.29, 0.717) is 6.54 Å². The van der Waals surface area contributed by atoms with Crippen LogP contribution < -0.4 is 16.2 Å². The van der Waals surface area contributed by atoms with Crippen molar-refractivity contribution in [2.45, 2.75) is 39.5 Å². The lowest BCUT2D eigenvalue weighted by molar-refractivity contribution is -0.130. The molecule has 0 bridgehead atoms. The third-order valence-electron chi connectivity index (χ3n) is 5.11. The maximum absolute atomic E-state index is 12.3. The van der Waals surface area contributed by atoms with E-state index in [1.54, 1.807) is 0 Å². The van der Waals surface area contributed by atoms with Gasteiger partial charge in [-0.2, -0.15) is 0 Å². The second-order valence-electron chi connectivity index (χ2n) is 7.64. The monoisotopic (exact) mass is 420 g/mol. The third-order valence-corrected chi connectivity index (χ3v) is 5.11. The zero-order chi connectivity index (χ0) is 22.2. The van der Waals surface area contributed by atoms with Crippen molar-refractivity contribution in [2.24, 2.45) is 0 Å². The molecule has 7 heteroatoms. The molecule has 0 atom stereocenters. The molecule has 3 rings (SSSR count). The molecule has 0 aliphatic rings. The molecule has 3 amide bonds. The number of aromatic nitrogens is 1. The van der Waals surface area contributed by atoms with Crippen LogP contribution in [0.2, 0.25) is 0 Å². The minimum absolute atomic E-state index is 0.00274. The van der Waals surface area contributed by atoms with Crippen molar-refractivity contribution in [1.29, 1.82) is 0 Å². The highest BCUT2D eigenvalue weighted by Crippen LogP contribution is 2.23. The van der Waals surface area contributed by atoms with Crippen LogP contribution in [-0.2, 0) is 27.2 Å². The molecule has 0 radical (unpaired) electrons. The number of rotatable bonds is 8. The van der Waals surface area contributed by atoms with Gasteiger partial charge in [-0.1, -0.05) is 42.0 Å². The number of aromatic amines is 1. The zero-order valence-corrected chi connectivity index (χ0v) is 17.9. The Labute approximate surface area is 181 Å². The molecule has 0 saturated carbocycles. The number of carbonyl (C=O) groups is 3. The molecule has 0 aliphatic carbocycles. The van der Waals surface area contributed by atoms with Crippen LogP contribution in [0.5, 0.6) is 0 Å². The predicted molar refractivity (Wildman–Crippen MR) is 120 cm³/mol. The van der Waals surface area contributed by atoms with Gasteiger partial charge in [-0.25, -0.2) is 0 Å². The topological polar surface area (TPSA) is 103 Å². The van der Waals surface area contributed by atoms with Gasteiger partial charge in [0.25, 0.3) is 0 Å². The summed E-state index contributed by atoms with van der Waals surface area (Å²) >= 11 is 0. The highest BCUT2D eigenvalue weighted by molar-refractivity contribution is 5.91. The number of nitrogens with one attached hydrogen (secondary N) is 4. The van der Waals surface area contributed by atoms with Crippen LogP contribution in [0.4, 0.5) is 0 Å². The summed E-state index contributed by atoms with van der Waals surface area (Å²) in [7, 11) is 0. The van der Waals surface area contributed by atoms with Gasteiger partial charge in [0.2, 0.25) is 17.7 Å². The van der Waals surface area contributed by atoms with Crippen LogP contribution in [0.15, 0.2) is 48.5 Å². The second-order valence-corrected chi connectivity index (χ2v) is 7.64. The van der Waals surface area contributed by atoms with Crippen LogP contribution in [0.1, 0.15) is 35.2 Å². The Hall–Kier alpha value is -3.61. The molecule has 31 heavy (non-hydrogen) atoms. The number of hydrogen-bond acceptors (Lipinski definition) is 3. The van der Waals surface area contributed by atoms with Gasteiger partial charge in [0.15, 0.2) is 0 Å². The molecule has 162 valence electrons. The zero-order valence-electron chi connectivity index (χ0n) is 17.9. The Morgan fingerprint density at radius 3 is 2.35 bits per heavy atom. The fraction of sp³-hybridized carbons (Fsp3) is 0.292. The van der Waals surface area contributed by atoms with Crippen molar-refractivity contribution in [3.05, 3.63) is 70.9 Å². The van der Waals surface area contributed by atoms with Crippen LogP contribution in [0.25, 0.3) is 10.9 Å². The molecule has 7 nitrogen and oxygen atoms in total. The van der Waals surface area contributed by atoms with E-state index in [4.69, 9.17) is 0 Å². The van der Waals surface area contributed by atoms with Gasteiger partial charge in [-0.3, -0.25) is 25.2 Å². The van der Waals surface area contributed by atoms with Gasteiger partial charge in [-0.15, -0.1) is 0 Å². The average molecular weight is 421 g/mol. The van der Waals surface area contributed by atoms with Gasteiger partial charge in [0.05, 0.1) is 6.42 Å². The summed E-state index contributed by atoms with van der Waals surface area (Å²) in [6, 6.07) is 15.9. The third kappa shape index (κ3) is 6.44. The van der Waals surface area contributed by atoms with Crippen LogP contribution in [-0.4, -0.2) is 29.3 Å². The van der Waals surface area contributed by atoms with Gasteiger partial charge < -0.3 is 10.3 Å². The van der Waals surface area contributed by atoms with Gasteiger partial charge in [0, 0.05) is 36.0 Å². The maximum Gasteiger partial charge on any atom is 0.242 e. The van der Waals surface area contributed by atoms with E-state index in [-0.39, 0.29) is 31.1 Å². The summed E-state index contributed by atoms with van der Waals surface area (Å²) in [5, 5.41) is 3.80. The molecule has 1 heterocycles. The first-order valence-electron chi connectivity index (χ1n) is 10.4. The van der Waals surface area contributed by atoms with E-state index in [2.05, 4.69) is 21.2 Å². The SMILES string of the molecule is Cc1ccc2[nH]c(C)c(CC(=O)NNC(=O)CCC(=O)NCCc3ccccc3)c2c1. The quantitative estimate of drug-likeness (QED) is 0.421. The lowest BCUT2D eigenvalue weighted by atomic mass is 10.1. The maximum atomic E-state index is 12.3. The van der Waals surface area contributed by atoms with Crippen LogP contribution >= 0.6 is 0 Å². The molecule has 2 aromatic carbocycles. The van der Waals surface area contributed by atoms with Crippen molar-refractivity contribution >= 4 is 28.6 Å². The number of amides is 3. The first-order valence-corrected chi connectivity index (χ1v) is 10.4.